The first-order chi connectivity index (χ1) is 16.1. The Balaban J connectivity index is 1.37. The van der Waals surface area contributed by atoms with E-state index in [1.807, 2.05) is 17.0 Å². The van der Waals surface area contributed by atoms with E-state index in [2.05, 4.69) is 41.7 Å². The fourth-order valence-electron chi connectivity index (χ4n) is 6.34. The second-order valence-electron chi connectivity index (χ2n) is 11.0. The summed E-state index contributed by atoms with van der Waals surface area (Å²) >= 11 is 6.55. The maximum atomic E-state index is 13.2. The molecule has 2 aromatic rings. The van der Waals surface area contributed by atoms with Crippen LogP contribution in [0.4, 0.5) is 5.82 Å². The zero-order valence-electron chi connectivity index (χ0n) is 20.1. The second-order valence-corrected chi connectivity index (χ2v) is 11.4. The number of rotatable bonds is 3. The fourth-order valence-corrected chi connectivity index (χ4v) is 6.54. The normalized spacial score (nSPS) is 26.8. The molecule has 7 nitrogen and oxygen atoms in total. The van der Waals surface area contributed by atoms with Gasteiger partial charge in [-0.15, -0.1) is 0 Å². The van der Waals surface area contributed by atoms with Gasteiger partial charge >= 0.3 is 0 Å². The molecular weight excluding hydrogens is 450 g/mol. The molecule has 1 N–H and O–H groups in total. The first-order valence-electron chi connectivity index (χ1n) is 11.9. The highest BCUT2D eigenvalue weighted by atomic mass is 35.5. The van der Waals surface area contributed by atoms with Crippen LogP contribution in [0.15, 0.2) is 18.3 Å². The molecule has 2 fully saturated rings. The van der Waals surface area contributed by atoms with Crippen LogP contribution in [0.5, 0.6) is 0 Å². The van der Waals surface area contributed by atoms with Crippen molar-refractivity contribution in [2.24, 2.45) is 29.1 Å². The second kappa shape index (κ2) is 8.13. The van der Waals surface area contributed by atoms with Gasteiger partial charge in [0.25, 0.3) is 0 Å². The van der Waals surface area contributed by atoms with Crippen LogP contribution in [0.2, 0.25) is 5.02 Å². The molecule has 2 amide bonds. The summed E-state index contributed by atoms with van der Waals surface area (Å²) in [4.78, 5) is 31.2. The van der Waals surface area contributed by atoms with Crippen LogP contribution >= 0.6 is 11.6 Å². The summed E-state index contributed by atoms with van der Waals surface area (Å²) in [5.41, 5.74) is 3.50. The summed E-state index contributed by atoms with van der Waals surface area (Å²) in [6, 6.07) is 6.01. The van der Waals surface area contributed by atoms with Gasteiger partial charge in [-0.2, -0.15) is 5.26 Å². The van der Waals surface area contributed by atoms with Crippen molar-refractivity contribution < 1.29 is 9.59 Å². The van der Waals surface area contributed by atoms with Gasteiger partial charge in [0.2, 0.25) is 11.8 Å². The van der Waals surface area contributed by atoms with Crippen LogP contribution in [-0.4, -0.2) is 39.4 Å². The Kier molecular flexibility index (Phi) is 5.48. The van der Waals surface area contributed by atoms with Crippen molar-refractivity contribution in [3.05, 3.63) is 34.7 Å². The predicted octanol–water partition coefficient (Wildman–Crippen LogP) is 4.35. The molecular formula is C26H30ClN5O2. The molecule has 3 aliphatic rings. The molecule has 5 rings (SSSR count). The first-order valence-corrected chi connectivity index (χ1v) is 12.3. The predicted molar refractivity (Wildman–Crippen MR) is 130 cm³/mol. The van der Waals surface area contributed by atoms with Gasteiger partial charge < -0.3 is 14.8 Å². The monoisotopic (exact) mass is 479 g/mol. The molecule has 8 heteroatoms. The summed E-state index contributed by atoms with van der Waals surface area (Å²) in [5.74, 6) is 1.39. The average molecular weight is 480 g/mol. The third-order valence-electron chi connectivity index (χ3n) is 8.09. The fraction of sp³-hybridized carbons (Fsp3) is 0.538. The first kappa shape index (κ1) is 22.9. The molecule has 4 atom stereocenters. The summed E-state index contributed by atoms with van der Waals surface area (Å²) < 4.78 is 2.08. The van der Waals surface area contributed by atoms with Crippen LogP contribution < -0.4 is 5.32 Å². The van der Waals surface area contributed by atoms with Crippen LogP contribution in [0.3, 0.4) is 0 Å². The number of pyridine rings is 1. The highest BCUT2D eigenvalue weighted by Gasteiger charge is 2.48. The largest absolute Gasteiger partial charge is 0.342 e. The number of nitriles is 1. The number of nitrogens with zero attached hydrogens (tertiary/aromatic N) is 4. The van der Waals surface area contributed by atoms with Gasteiger partial charge in [0.05, 0.1) is 5.02 Å². The molecule has 34 heavy (non-hydrogen) atoms. The molecule has 1 saturated heterocycles. The number of aromatic nitrogens is 2. The van der Waals surface area contributed by atoms with E-state index in [4.69, 9.17) is 11.6 Å². The van der Waals surface area contributed by atoms with Crippen molar-refractivity contribution in [3.63, 3.8) is 0 Å². The van der Waals surface area contributed by atoms with Crippen LogP contribution in [0.25, 0.3) is 11.1 Å². The van der Waals surface area contributed by atoms with Gasteiger partial charge in [-0.3, -0.25) is 9.59 Å². The Bertz CT molecular complexity index is 1230. The maximum Gasteiger partial charge on any atom is 0.228 e. The van der Waals surface area contributed by atoms with Crippen molar-refractivity contribution in [1.82, 2.24) is 14.5 Å². The number of anilines is 1. The van der Waals surface area contributed by atoms with E-state index in [1.54, 1.807) is 13.1 Å². The van der Waals surface area contributed by atoms with Crippen molar-refractivity contribution in [3.8, 4) is 17.2 Å². The summed E-state index contributed by atoms with van der Waals surface area (Å²) in [6.45, 7) is 10.4. The van der Waals surface area contributed by atoms with E-state index in [1.165, 1.54) is 0 Å². The Labute approximate surface area is 205 Å². The molecule has 0 unspecified atom stereocenters. The number of nitrogens with one attached hydrogen (secondary N) is 1. The molecule has 2 aromatic heterocycles. The lowest BCUT2D eigenvalue weighted by Gasteiger charge is -2.22. The Morgan fingerprint density at radius 1 is 1.26 bits per heavy atom. The summed E-state index contributed by atoms with van der Waals surface area (Å²) in [6.07, 6.45) is 3.21. The number of carbonyl (C=O) groups excluding carboxylic acids is 2. The molecule has 0 spiro atoms. The minimum absolute atomic E-state index is 0.0296. The molecule has 4 heterocycles. The van der Waals surface area contributed by atoms with Gasteiger partial charge in [-0.1, -0.05) is 32.4 Å². The van der Waals surface area contributed by atoms with E-state index in [9.17, 15) is 14.9 Å². The Morgan fingerprint density at radius 2 is 2.03 bits per heavy atom. The number of hydrogen-bond acceptors (Lipinski definition) is 4. The number of likely N-dealkylation sites (tertiary alicyclic amines) is 1. The minimum Gasteiger partial charge on any atom is -0.342 e. The SMILES string of the molecule is CC(=O)N1C[C@H]2C[C@H](C(=O)Nc3cc(-c4cc(C#N)n5c4CC(C)(C)C5)c(Cl)cn3)[C@@H](C)[C@H]2C1. The van der Waals surface area contributed by atoms with Crippen molar-refractivity contribution in [2.45, 2.75) is 47.1 Å². The Hall–Kier alpha value is -2.85. The topological polar surface area (TPSA) is 91.0 Å². The molecule has 178 valence electrons. The zero-order valence-corrected chi connectivity index (χ0v) is 20.8. The quantitative estimate of drug-likeness (QED) is 0.708. The number of fused-ring (bicyclic) bond motifs is 2. The van der Waals surface area contributed by atoms with Gasteiger partial charge in [-0.25, -0.2) is 4.98 Å². The van der Waals surface area contributed by atoms with Crippen LogP contribution in [0, 0.1) is 40.4 Å². The number of halogens is 1. The number of carbonyl (C=O) groups is 2. The van der Waals surface area contributed by atoms with Gasteiger partial charge in [-0.05, 0) is 48.1 Å². The third-order valence-corrected chi connectivity index (χ3v) is 8.39. The van der Waals surface area contributed by atoms with E-state index in [-0.39, 0.29) is 29.1 Å². The molecule has 1 saturated carbocycles. The van der Waals surface area contributed by atoms with Gasteiger partial charge in [0, 0.05) is 55.5 Å². The highest BCUT2D eigenvalue weighted by molar-refractivity contribution is 6.33. The van der Waals surface area contributed by atoms with Crippen molar-refractivity contribution in [2.75, 3.05) is 18.4 Å². The average Bonchev–Trinajstić information content (AvgIpc) is 3.49. The van der Waals surface area contributed by atoms with Crippen molar-refractivity contribution in [1.29, 1.82) is 5.26 Å². The molecule has 0 aromatic carbocycles. The smallest absolute Gasteiger partial charge is 0.228 e. The summed E-state index contributed by atoms with van der Waals surface area (Å²) in [7, 11) is 0. The third kappa shape index (κ3) is 3.78. The number of amides is 2. The maximum absolute atomic E-state index is 13.2. The van der Waals surface area contributed by atoms with Crippen molar-refractivity contribution >= 4 is 29.2 Å². The lowest BCUT2D eigenvalue weighted by molar-refractivity contribution is -0.128. The summed E-state index contributed by atoms with van der Waals surface area (Å²) in [5, 5.41) is 13.2. The van der Waals surface area contributed by atoms with E-state index < -0.39 is 0 Å². The zero-order chi connectivity index (χ0) is 24.4. The molecule has 2 aliphatic heterocycles. The lowest BCUT2D eigenvalue weighted by atomic mass is 9.89. The van der Waals surface area contributed by atoms with E-state index in [0.29, 0.717) is 28.4 Å². The number of hydrogen-bond donors (Lipinski definition) is 1. The highest BCUT2D eigenvalue weighted by Crippen LogP contribution is 2.46. The van der Waals surface area contributed by atoms with E-state index in [0.717, 1.165) is 49.3 Å². The van der Waals surface area contributed by atoms with Crippen LogP contribution in [0.1, 0.15) is 45.5 Å². The molecule has 0 bridgehead atoms. The van der Waals surface area contributed by atoms with E-state index >= 15 is 0 Å². The molecule has 0 radical (unpaired) electrons. The van der Waals surface area contributed by atoms with Gasteiger partial charge in [0.1, 0.15) is 17.6 Å². The van der Waals surface area contributed by atoms with Crippen LogP contribution in [-0.2, 0) is 22.6 Å². The minimum atomic E-state index is -0.102. The Morgan fingerprint density at radius 3 is 2.71 bits per heavy atom. The standard InChI is InChI=1S/C26H30ClN5O2/c1-14-18(5-16-11-31(15(2)33)12-21(14)16)25(34)30-24-7-19(22(27)10-29-24)20-6-17(9-28)32-13-26(3,4)8-23(20)32/h6-7,10,14,16,18,21H,5,8,11-13H2,1-4H3,(H,29,30,34)/t14-,16-,18+,21-/m1/s1. The lowest BCUT2D eigenvalue weighted by Crippen LogP contribution is -2.32. The molecule has 1 aliphatic carbocycles. The van der Waals surface area contributed by atoms with Gasteiger partial charge in [0.15, 0.2) is 0 Å².